The Morgan fingerprint density at radius 2 is 2.00 bits per heavy atom. The maximum Gasteiger partial charge on any atom is 0.490 e. The molecule has 0 bridgehead atoms. The van der Waals surface area contributed by atoms with Gasteiger partial charge in [0.2, 0.25) is 5.88 Å². The summed E-state index contributed by atoms with van der Waals surface area (Å²) < 4.78 is 37.7. The van der Waals surface area contributed by atoms with E-state index < -0.39 is 12.1 Å². The van der Waals surface area contributed by atoms with Gasteiger partial charge in [-0.25, -0.2) is 9.78 Å². The largest absolute Gasteiger partial charge is 0.490 e. The van der Waals surface area contributed by atoms with Crippen molar-refractivity contribution in [2.24, 2.45) is 11.3 Å². The summed E-state index contributed by atoms with van der Waals surface area (Å²) in [5.41, 5.74) is 1.65. The van der Waals surface area contributed by atoms with Crippen LogP contribution in [0.3, 0.4) is 0 Å². The van der Waals surface area contributed by atoms with Crippen molar-refractivity contribution in [1.29, 1.82) is 0 Å². The molecular formula is C22H24F3N3O4. The van der Waals surface area contributed by atoms with Gasteiger partial charge in [-0.3, -0.25) is 9.78 Å². The first-order chi connectivity index (χ1) is 15.1. The van der Waals surface area contributed by atoms with Gasteiger partial charge in [0.25, 0.3) is 5.91 Å². The Morgan fingerprint density at radius 1 is 1.25 bits per heavy atom. The molecule has 1 amide bonds. The highest BCUT2D eigenvalue weighted by Gasteiger charge is 2.51. The van der Waals surface area contributed by atoms with Crippen molar-refractivity contribution in [2.75, 3.05) is 19.7 Å². The highest BCUT2D eigenvalue weighted by molar-refractivity contribution is 5.92. The van der Waals surface area contributed by atoms with Crippen LogP contribution < -0.4 is 4.74 Å². The van der Waals surface area contributed by atoms with Crippen molar-refractivity contribution < 1.29 is 32.6 Å². The van der Waals surface area contributed by atoms with Gasteiger partial charge < -0.3 is 14.7 Å². The quantitative estimate of drug-likeness (QED) is 0.762. The third-order valence-corrected chi connectivity index (χ3v) is 5.85. The molecule has 2 atom stereocenters. The predicted molar refractivity (Wildman–Crippen MR) is 108 cm³/mol. The van der Waals surface area contributed by atoms with Crippen LogP contribution in [0.4, 0.5) is 13.2 Å². The molecule has 0 spiro atoms. The van der Waals surface area contributed by atoms with Crippen LogP contribution in [0, 0.1) is 18.3 Å². The Bertz CT molecular complexity index is 938. The fraction of sp³-hybridized carbons (Fsp3) is 0.455. The zero-order valence-electron chi connectivity index (χ0n) is 17.5. The number of halogens is 3. The lowest BCUT2D eigenvalue weighted by molar-refractivity contribution is -0.192. The van der Waals surface area contributed by atoms with Gasteiger partial charge in [-0.15, -0.1) is 0 Å². The van der Waals surface area contributed by atoms with Crippen molar-refractivity contribution in [3.63, 3.8) is 0 Å². The molecule has 4 rings (SSSR count). The van der Waals surface area contributed by atoms with Crippen LogP contribution in [0.15, 0.2) is 42.7 Å². The Labute approximate surface area is 183 Å². The third kappa shape index (κ3) is 5.54. The number of carbonyl (C=O) groups is 2. The average Bonchev–Trinajstić information content (AvgIpc) is 3.30. The van der Waals surface area contributed by atoms with Gasteiger partial charge in [-0.1, -0.05) is 18.6 Å². The minimum atomic E-state index is -5.08. The Balaban J connectivity index is 0.000000360. The van der Waals surface area contributed by atoms with Crippen molar-refractivity contribution in [2.45, 2.75) is 32.4 Å². The van der Waals surface area contributed by atoms with Crippen molar-refractivity contribution in [1.82, 2.24) is 14.9 Å². The zero-order valence-corrected chi connectivity index (χ0v) is 17.5. The van der Waals surface area contributed by atoms with E-state index in [1.165, 1.54) is 6.42 Å². The van der Waals surface area contributed by atoms with Crippen LogP contribution >= 0.6 is 0 Å². The topological polar surface area (TPSA) is 92.6 Å². The minimum Gasteiger partial charge on any atom is -0.477 e. The molecule has 7 nitrogen and oxygen atoms in total. The second kappa shape index (κ2) is 9.54. The molecule has 172 valence electrons. The van der Waals surface area contributed by atoms with Gasteiger partial charge in [0, 0.05) is 37.0 Å². The number of hydrogen-bond donors (Lipinski definition) is 1. The van der Waals surface area contributed by atoms with Crippen LogP contribution in [-0.4, -0.2) is 57.7 Å². The molecule has 2 aromatic heterocycles. The molecule has 1 aliphatic heterocycles. The lowest BCUT2D eigenvalue weighted by Gasteiger charge is -2.28. The number of likely N-dealkylation sites (tertiary alicyclic amines) is 1. The Hall–Kier alpha value is -3.17. The first-order valence-corrected chi connectivity index (χ1v) is 10.2. The van der Waals surface area contributed by atoms with Crippen LogP contribution in [0.5, 0.6) is 5.88 Å². The number of rotatable bonds is 4. The summed E-state index contributed by atoms with van der Waals surface area (Å²) >= 11 is 0. The molecule has 1 saturated carbocycles. The second-order valence-corrected chi connectivity index (χ2v) is 8.12. The highest BCUT2D eigenvalue weighted by atomic mass is 19.4. The van der Waals surface area contributed by atoms with Crippen molar-refractivity contribution >= 4 is 11.9 Å². The minimum absolute atomic E-state index is 0.0339. The number of carboxylic acids is 1. The molecule has 0 radical (unpaired) electrons. The maximum absolute atomic E-state index is 12.8. The summed E-state index contributed by atoms with van der Waals surface area (Å²) in [7, 11) is 0. The van der Waals surface area contributed by atoms with E-state index in [0.717, 1.165) is 31.5 Å². The number of alkyl halides is 3. The molecule has 10 heteroatoms. The summed E-state index contributed by atoms with van der Waals surface area (Å²) in [6.07, 6.45) is 1.89. The summed E-state index contributed by atoms with van der Waals surface area (Å²) in [6, 6.07) is 9.46. The normalized spacial score (nSPS) is 22.0. The molecule has 1 N–H and O–H groups in total. The number of ether oxygens (including phenoxy) is 1. The number of hydrogen-bond acceptors (Lipinski definition) is 5. The SMILES string of the molecule is Cc1ccc(C(=O)N2C[C@H]3CCC[C@@]3(COc3ccccn3)C2)nc1.O=C(O)C(F)(F)F. The first kappa shape index (κ1) is 23.5. The van der Waals surface area contributed by atoms with Gasteiger partial charge in [0.05, 0.1) is 6.61 Å². The zero-order chi connectivity index (χ0) is 23.4. The number of fused-ring (bicyclic) bond motifs is 1. The van der Waals surface area contributed by atoms with Crippen LogP contribution in [-0.2, 0) is 4.79 Å². The van der Waals surface area contributed by atoms with Crippen LogP contribution in [0.1, 0.15) is 35.3 Å². The van der Waals surface area contributed by atoms with E-state index in [2.05, 4.69) is 9.97 Å². The molecule has 2 aromatic rings. The van der Waals surface area contributed by atoms with E-state index in [9.17, 15) is 18.0 Å². The number of aliphatic carboxylic acids is 1. The molecule has 2 fully saturated rings. The number of aromatic nitrogens is 2. The monoisotopic (exact) mass is 451 g/mol. The van der Waals surface area contributed by atoms with E-state index >= 15 is 0 Å². The van der Waals surface area contributed by atoms with E-state index in [0.29, 0.717) is 24.1 Å². The first-order valence-electron chi connectivity index (χ1n) is 10.2. The van der Waals surface area contributed by atoms with E-state index in [4.69, 9.17) is 14.6 Å². The molecule has 32 heavy (non-hydrogen) atoms. The summed E-state index contributed by atoms with van der Waals surface area (Å²) in [5, 5.41) is 7.12. The van der Waals surface area contributed by atoms with Gasteiger partial charge in [-0.05, 0) is 43.4 Å². The molecule has 0 unspecified atom stereocenters. The number of carboxylic acid groups (broad SMARTS) is 1. The fourth-order valence-electron chi connectivity index (χ4n) is 4.21. The summed E-state index contributed by atoms with van der Waals surface area (Å²) in [5.74, 6) is -1.56. The maximum atomic E-state index is 12.8. The second-order valence-electron chi connectivity index (χ2n) is 8.12. The van der Waals surface area contributed by atoms with Gasteiger partial charge in [0.15, 0.2) is 0 Å². The average molecular weight is 451 g/mol. The number of aryl methyl sites for hydroxylation is 1. The lowest BCUT2D eigenvalue weighted by Crippen LogP contribution is -2.36. The predicted octanol–water partition coefficient (Wildman–Crippen LogP) is 3.74. The molecule has 1 aliphatic carbocycles. The third-order valence-electron chi connectivity index (χ3n) is 5.85. The number of nitrogens with zero attached hydrogens (tertiary/aromatic N) is 3. The van der Waals surface area contributed by atoms with Crippen molar-refractivity contribution in [3.05, 3.63) is 54.0 Å². The molecule has 0 aromatic carbocycles. The number of pyridine rings is 2. The standard InChI is InChI=1S/C20H23N3O2.C2HF3O2/c1-15-7-8-17(22-11-15)19(24)23-12-16-5-4-9-20(16,13-23)14-25-18-6-2-3-10-21-18;3-2(4,5)1(6)7/h2-3,6-8,10-11,16H,4-5,9,12-14H2,1H3;(H,6,7)/t16-,20+;/m1./s1. The molecular weight excluding hydrogens is 427 g/mol. The summed E-state index contributed by atoms with van der Waals surface area (Å²) in [4.78, 5) is 32.2. The van der Waals surface area contributed by atoms with Crippen LogP contribution in [0.25, 0.3) is 0 Å². The Kier molecular flexibility index (Phi) is 7.00. The van der Waals surface area contributed by atoms with Gasteiger partial charge in [-0.2, -0.15) is 13.2 Å². The molecule has 3 heterocycles. The number of carbonyl (C=O) groups excluding carboxylic acids is 1. The molecule has 2 aliphatic rings. The smallest absolute Gasteiger partial charge is 0.477 e. The van der Waals surface area contributed by atoms with E-state index in [1.54, 1.807) is 12.4 Å². The van der Waals surface area contributed by atoms with Crippen molar-refractivity contribution in [3.8, 4) is 5.88 Å². The van der Waals surface area contributed by atoms with E-state index in [-0.39, 0.29) is 11.3 Å². The highest BCUT2D eigenvalue weighted by Crippen LogP contribution is 2.49. The van der Waals surface area contributed by atoms with Gasteiger partial charge in [0.1, 0.15) is 5.69 Å². The lowest BCUT2D eigenvalue weighted by atomic mass is 9.81. The molecule has 1 saturated heterocycles. The fourth-order valence-corrected chi connectivity index (χ4v) is 4.21. The number of amides is 1. The van der Waals surface area contributed by atoms with Gasteiger partial charge >= 0.3 is 12.1 Å². The van der Waals surface area contributed by atoms with E-state index in [1.807, 2.05) is 42.2 Å². The summed E-state index contributed by atoms with van der Waals surface area (Å²) in [6.45, 7) is 4.16. The Morgan fingerprint density at radius 3 is 2.59 bits per heavy atom. The van der Waals surface area contributed by atoms with Crippen LogP contribution in [0.2, 0.25) is 0 Å².